The van der Waals surface area contributed by atoms with Crippen LogP contribution < -0.4 is 10.6 Å². The van der Waals surface area contributed by atoms with Crippen molar-refractivity contribution in [2.24, 2.45) is 10.9 Å². The van der Waals surface area contributed by atoms with Crippen LogP contribution in [0.2, 0.25) is 0 Å². The molecule has 0 radical (unpaired) electrons. The second-order valence-corrected chi connectivity index (χ2v) is 4.27. The van der Waals surface area contributed by atoms with Crippen LogP contribution in [0.5, 0.6) is 0 Å². The maximum Gasteiger partial charge on any atom is 0.246 e. The van der Waals surface area contributed by atoms with Gasteiger partial charge in [0.05, 0.1) is 6.54 Å². The smallest absolute Gasteiger partial charge is 0.246 e. The van der Waals surface area contributed by atoms with E-state index in [2.05, 4.69) is 39.6 Å². The Morgan fingerprint density at radius 2 is 2.11 bits per heavy atom. The minimum Gasteiger partial charge on any atom is -0.356 e. The van der Waals surface area contributed by atoms with Crippen LogP contribution >= 0.6 is 24.0 Å². The average Bonchev–Trinajstić information content (AvgIpc) is 2.69. The molecular formula is C11H22IN5O. The summed E-state index contributed by atoms with van der Waals surface area (Å²) in [6, 6.07) is 0. The van der Waals surface area contributed by atoms with Crippen molar-refractivity contribution in [1.29, 1.82) is 0 Å². The zero-order valence-corrected chi connectivity index (χ0v) is 13.7. The van der Waals surface area contributed by atoms with Crippen LogP contribution in [0.1, 0.15) is 32.0 Å². The lowest BCUT2D eigenvalue weighted by molar-refractivity contribution is 0.371. The lowest BCUT2D eigenvalue weighted by atomic mass is 10.1. The molecule has 0 aliphatic rings. The molecule has 1 rings (SSSR count). The summed E-state index contributed by atoms with van der Waals surface area (Å²) in [6.45, 7) is 7.57. The van der Waals surface area contributed by atoms with Crippen molar-refractivity contribution < 1.29 is 4.52 Å². The van der Waals surface area contributed by atoms with E-state index in [1.54, 1.807) is 14.0 Å². The zero-order chi connectivity index (χ0) is 12.7. The third-order valence-corrected chi connectivity index (χ3v) is 2.21. The van der Waals surface area contributed by atoms with Crippen LogP contribution in [0, 0.1) is 12.8 Å². The maximum absolute atomic E-state index is 5.00. The first-order valence-corrected chi connectivity index (χ1v) is 5.85. The van der Waals surface area contributed by atoms with Gasteiger partial charge in [-0.25, -0.2) is 0 Å². The van der Waals surface area contributed by atoms with E-state index in [4.69, 9.17) is 4.52 Å². The molecule has 6 nitrogen and oxygen atoms in total. The first-order valence-electron chi connectivity index (χ1n) is 5.85. The summed E-state index contributed by atoms with van der Waals surface area (Å²) >= 11 is 0. The predicted molar refractivity (Wildman–Crippen MR) is 82.1 cm³/mol. The van der Waals surface area contributed by atoms with Gasteiger partial charge >= 0.3 is 0 Å². The van der Waals surface area contributed by atoms with Crippen LogP contribution in [0.25, 0.3) is 0 Å². The Bertz CT molecular complexity index is 364. The monoisotopic (exact) mass is 367 g/mol. The van der Waals surface area contributed by atoms with E-state index in [9.17, 15) is 0 Å². The van der Waals surface area contributed by atoms with Crippen molar-refractivity contribution in [3.8, 4) is 0 Å². The maximum atomic E-state index is 5.00. The number of nitrogens with one attached hydrogen (secondary N) is 2. The van der Waals surface area contributed by atoms with Gasteiger partial charge in [-0.3, -0.25) is 4.99 Å². The minimum atomic E-state index is 0. The van der Waals surface area contributed by atoms with Crippen LogP contribution in [-0.2, 0) is 6.54 Å². The molecule has 0 bridgehead atoms. The highest BCUT2D eigenvalue weighted by Gasteiger charge is 2.04. The molecule has 0 amide bonds. The number of aromatic nitrogens is 2. The lowest BCUT2D eigenvalue weighted by Gasteiger charge is -2.11. The highest BCUT2D eigenvalue weighted by molar-refractivity contribution is 14.0. The predicted octanol–water partition coefficient (Wildman–Crippen LogP) is 1.71. The molecule has 7 heteroatoms. The van der Waals surface area contributed by atoms with E-state index in [0.717, 1.165) is 18.9 Å². The number of nitrogens with zero attached hydrogens (tertiary/aromatic N) is 3. The summed E-state index contributed by atoms with van der Waals surface area (Å²) in [5, 5.41) is 10.1. The number of rotatable bonds is 5. The number of hydrogen-bond donors (Lipinski definition) is 2. The molecular weight excluding hydrogens is 345 g/mol. The number of halogens is 1. The highest BCUT2D eigenvalue weighted by atomic mass is 127. The molecule has 0 saturated carbocycles. The van der Waals surface area contributed by atoms with Gasteiger partial charge in [-0.15, -0.1) is 24.0 Å². The standard InChI is InChI=1S/C11H21N5O.HI/c1-8(2)5-6-13-11(12-4)14-7-10-15-9(3)16-17-10;/h8H,5-7H2,1-4H3,(H2,12,13,14);1H. The van der Waals surface area contributed by atoms with Crippen molar-refractivity contribution in [3.05, 3.63) is 11.7 Å². The third kappa shape index (κ3) is 6.77. The average molecular weight is 367 g/mol. The topological polar surface area (TPSA) is 75.3 Å². The molecule has 0 atom stereocenters. The normalized spacial score (nSPS) is 11.3. The summed E-state index contributed by atoms with van der Waals surface area (Å²) in [6.07, 6.45) is 1.11. The first-order chi connectivity index (χ1) is 8.11. The molecule has 2 N–H and O–H groups in total. The Labute approximate surface area is 125 Å². The summed E-state index contributed by atoms with van der Waals surface area (Å²) in [5.41, 5.74) is 0. The van der Waals surface area contributed by atoms with E-state index in [1.165, 1.54) is 0 Å². The lowest BCUT2D eigenvalue weighted by Crippen LogP contribution is -2.37. The molecule has 1 aromatic heterocycles. The van der Waals surface area contributed by atoms with Crippen molar-refractivity contribution in [2.75, 3.05) is 13.6 Å². The van der Waals surface area contributed by atoms with Crippen molar-refractivity contribution >= 4 is 29.9 Å². The van der Waals surface area contributed by atoms with Crippen LogP contribution in [0.15, 0.2) is 9.52 Å². The second-order valence-electron chi connectivity index (χ2n) is 4.27. The van der Waals surface area contributed by atoms with E-state index < -0.39 is 0 Å². The molecule has 0 aromatic carbocycles. The third-order valence-electron chi connectivity index (χ3n) is 2.21. The van der Waals surface area contributed by atoms with Gasteiger partial charge < -0.3 is 15.2 Å². The Kier molecular flexibility index (Phi) is 8.69. The fourth-order valence-electron chi connectivity index (χ4n) is 1.27. The number of aryl methyl sites for hydroxylation is 1. The van der Waals surface area contributed by atoms with Crippen molar-refractivity contribution in [1.82, 2.24) is 20.8 Å². The molecule has 0 saturated heterocycles. The van der Waals surface area contributed by atoms with Crippen molar-refractivity contribution in [2.45, 2.75) is 33.7 Å². The SMILES string of the molecule is CN=C(NCCC(C)C)NCc1nc(C)no1.I. The molecule has 1 heterocycles. The van der Waals surface area contributed by atoms with Gasteiger partial charge in [0, 0.05) is 13.6 Å². The van der Waals surface area contributed by atoms with Gasteiger partial charge in [0.15, 0.2) is 11.8 Å². The summed E-state index contributed by atoms with van der Waals surface area (Å²) < 4.78 is 5.00. The van der Waals surface area contributed by atoms with Gasteiger partial charge in [0.2, 0.25) is 5.89 Å². The molecule has 0 spiro atoms. The fourth-order valence-corrected chi connectivity index (χ4v) is 1.27. The molecule has 18 heavy (non-hydrogen) atoms. The Hall–Kier alpha value is -0.860. The molecule has 104 valence electrons. The fraction of sp³-hybridized carbons (Fsp3) is 0.727. The summed E-state index contributed by atoms with van der Waals surface area (Å²) in [4.78, 5) is 8.21. The van der Waals surface area contributed by atoms with Gasteiger partial charge in [-0.05, 0) is 19.3 Å². The van der Waals surface area contributed by atoms with Gasteiger partial charge in [0.1, 0.15) is 0 Å². The largest absolute Gasteiger partial charge is 0.356 e. The minimum absolute atomic E-state index is 0. The number of hydrogen-bond acceptors (Lipinski definition) is 4. The Morgan fingerprint density at radius 3 is 2.61 bits per heavy atom. The molecule has 1 aromatic rings. The summed E-state index contributed by atoms with van der Waals surface area (Å²) in [5.74, 6) is 2.64. The van der Waals surface area contributed by atoms with E-state index in [0.29, 0.717) is 24.2 Å². The van der Waals surface area contributed by atoms with E-state index >= 15 is 0 Å². The highest BCUT2D eigenvalue weighted by Crippen LogP contribution is 1.97. The molecule has 0 fully saturated rings. The number of aliphatic imine (C=N–C) groups is 1. The van der Waals surface area contributed by atoms with Crippen LogP contribution in [0.3, 0.4) is 0 Å². The van der Waals surface area contributed by atoms with Gasteiger partial charge in [-0.1, -0.05) is 19.0 Å². The Balaban J connectivity index is 0.00000289. The Morgan fingerprint density at radius 1 is 1.39 bits per heavy atom. The zero-order valence-electron chi connectivity index (χ0n) is 11.4. The quantitative estimate of drug-likeness (QED) is 0.471. The van der Waals surface area contributed by atoms with Gasteiger partial charge in [-0.2, -0.15) is 4.98 Å². The van der Waals surface area contributed by atoms with Crippen LogP contribution in [-0.4, -0.2) is 29.7 Å². The van der Waals surface area contributed by atoms with Gasteiger partial charge in [0.25, 0.3) is 0 Å². The first kappa shape index (κ1) is 17.1. The molecule has 0 aliphatic carbocycles. The van der Waals surface area contributed by atoms with E-state index in [-0.39, 0.29) is 24.0 Å². The van der Waals surface area contributed by atoms with Crippen molar-refractivity contribution in [3.63, 3.8) is 0 Å². The second kappa shape index (κ2) is 9.12. The molecule has 0 aliphatic heterocycles. The summed E-state index contributed by atoms with van der Waals surface area (Å²) in [7, 11) is 1.74. The molecule has 0 unspecified atom stereocenters. The van der Waals surface area contributed by atoms with E-state index in [1.807, 2.05) is 0 Å². The van der Waals surface area contributed by atoms with Crippen LogP contribution in [0.4, 0.5) is 0 Å². The number of guanidine groups is 1.